The standard InChI is InChI=1S/C18H27NO2/c1-2-21-16-10-4-3-9-15(16)17(20)18(11-5-6-12-18)19-13-7-8-14-19/h3-4,9-10,17,20H,2,5-8,11-14H2,1H3. The number of aliphatic hydroxyl groups excluding tert-OH is 1. The Balaban J connectivity index is 1.92. The second-order valence-corrected chi connectivity index (χ2v) is 6.38. The first-order chi connectivity index (χ1) is 10.3. The number of para-hydroxylation sites is 1. The van der Waals surface area contributed by atoms with E-state index in [1.54, 1.807) is 0 Å². The first-order valence-electron chi connectivity index (χ1n) is 8.43. The van der Waals surface area contributed by atoms with Crippen molar-refractivity contribution in [1.29, 1.82) is 0 Å². The summed E-state index contributed by atoms with van der Waals surface area (Å²) in [5.74, 6) is 0.845. The molecule has 1 unspecified atom stereocenters. The average Bonchev–Trinajstić information content (AvgIpc) is 3.19. The summed E-state index contributed by atoms with van der Waals surface area (Å²) in [6, 6.07) is 8.01. The zero-order chi connectivity index (χ0) is 14.7. The monoisotopic (exact) mass is 289 g/mol. The van der Waals surface area contributed by atoms with Gasteiger partial charge in [-0.25, -0.2) is 0 Å². The van der Waals surface area contributed by atoms with Gasteiger partial charge in [-0.1, -0.05) is 31.0 Å². The van der Waals surface area contributed by atoms with Gasteiger partial charge in [-0.3, -0.25) is 4.90 Å². The van der Waals surface area contributed by atoms with E-state index in [2.05, 4.69) is 4.90 Å². The molecule has 2 aliphatic rings. The van der Waals surface area contributed by atoms with Crippen LogP contribution in [0.2, 0.25) is 0 Å². The van der Waals surface area contributed by atoms with Gasteiger partial charge in [0.1, 0.15) is 11.9 Å². The van der Waals surface area contributed by atoms with E-state index < -0.39 is 6.10 Å². The molecule has 116 valence electrons. The molecule has 2 fully saturated rings. The average molecular weight is 289 g/mol. The lowest BCUT2D eigenvalue weighted by Crippen LogP contribution is -2.49. The molecule has 0 amide bonds. The van der Waals surface area contributed by atoms with Crippen LogP contribution in [-0.4, -0.2) is 35.2 Å². The van der Waals surface area contributed by atoms with E-state index in [0.717, 1.165) is 37.2 Å². The van der Waals surface area contributed by atoms with Gasteiger partial charge in [0, 0.05) is 5.56 Å². The third kappa shape index (κ3) is 2.69. The SMILES string of the molecule is CCOc1ccccc1C(O)C1(N2CCCC2)CCCC1. The summed E-state index contributed by atoms with van der Waals surface area (Å²) in [5, 5.41) is 11.2. The molecule has 1 aromatic carbocycles. The van der Waals surface area contributed by atoms with Gasteiger partial charge in [0.15, 0.2) is 0 Å². The molecule has 1 aliphatic carbocycles. The molecule has 0 radical (unpaired) electrons. The van der Waals surface area contributed by atoms with Crippen LogP contribution in [0, 0.1) is 0 Å². The molecule has 1 aliphatic heterocycles. The summed E-state index contributed by atoms with van der Waals surface area (Å²) >= 11 is 0. The van der Waals surface area contributed by atoms with Crippen molar-refractivity contribution in [2.45, 2.75) is 57.1 Å². The highest BCUT2D eigenvalue weighted by Gasteiger charge is 2.47. The zero-order valence-corrected chi connectivity index (χ0v) is 13.1. The number of hydrogen-bond donors (Lipinski definition) is 1. The Labute approximate surface area is 127 Å². The molecule has 1 heterocycles. The minimum Gasteiger partial charge on any atom is -0.493 e. The molecule has 3 rings (SSSR count). The Morgan fingerprint density at radius 1 is 1.14 bits per heavy atom. The first kappa shape index (κ1) is 14.9. The third-order valence-corrected chi connectivity index (χ3v) is 5.23. The second-order valence-electron chi connectivity index (χ2n) is 6.38. The summed E-state index contributed by atoms with van der Waals surface area (Å²) in [7, 11) is 0. The number of hydrogen-bond acceptors (Lipinski definition) is 3. The Bertz CT molecular complexity index is 462. The number of nitrogens with zero attached hydrogens (tertiary/aromatic N) is 1. The molecule has 1 saturated heterocycles. The smallest absolute Gasteiger partial charge is 0.125 e. The van der Waals surface area contributed by atoms with Crippen molar-refractivity contribution in [1.82, 2.24) is 4.90 Å². The van der Waals surface area contributed by atoms with Crippen LogP contribution in [0.1, 0.15) is 57.1 Å². The number of rotatable bonds is 5. The molecule has 3 heteroatoms. The molecule has 21 heavy (non-hydrogen) atoms. The molecule has 0 spiro atoms. The van der Waals surface area contributed by atoms with Gasteiger partial charge in [0.05, 0.1) is 12.1 Å². The van der Waals surface area contributed by atoms with Crippen LogP contribution >= 0.6 is 0 Å². The predicted octanol–water partition coefficient (Wildman–Crippen LogP) is 3.53. The van der Waals surface area contributed by atoms with Gasteiger partial charge in [-0.2, -0.15) is 0 Å². The molecule has 0 aromatic heterocycles. The van der Waals surface area contributed by atoms with Crippen LogP contribution in [0.3, 0.4) is 0 Å². The van der Waals surface area contributed by atoms with E-state index >= 15 is 0 Å². The maximum absolute atomic E-state index is 11.2. The maximum Gasteiger partial charge on any atom is 0.125 e. The summed E-state index contributed by atoms with van der Waals surface area (Å²) in [4.78, 5) is 2.55. The highest BCUT2D eigenvalue weighted by atomic mass is 16.5. The summed E-state index contributed by atoms with van der Waals surface area (Å²) < 4.78 is 5.75. The number of aliphatic hydroxyl groups is 1. The van der Waals surface area contributed by atoms with E-state index in [9.17, 15) is 5.11 Å². The summed E-state index contributed by atoms with van der Waals surface area (Å²) in [6.45, 7) is 4.90. The van der Waals surface area contributed by atoms with Crippen LogP contribution in [0.15, 0.2) is 24.3 Å². The van der Waals surface area contributed by atoms with Crippen molar-refractivity contribution in [3.8, 4) is 5.75 Å². The first-order valence-corrected chi connectivity index (χ1v) is 8.43. The minimum atomic E-state index is -0.444. The molecular weight excluding hydrogens is 262 g/mol. The topological polar surface area (TPSA) is 32.7 Å². The molecule has 0 bridgehead atoms. The fourth-order valence-electron chi connectivity index (χ4n) is 4.20. The van der Waals surface area contributed by atoms with Crippen LogP contribution in [-0.2, 0) is 0 Å². The van der Waals surface area contributed by atoms with Gasteiger partial charge in [0.2, 0.25) is 0 Å². The van der Waals surface area contributed by atoms with Gasteiger partial charge < -0.3 is 9.84 Å². The van der Waals surface area contributed by atoms with Crippen LogP contribution in [0.4, 0.5) is 0 Å². The van der Waals surface area contributed by atoms with Crippen LogP contribution in [0.25, 0.3) is 0 Å². The molecule has 1 N–H and O–H groups in total. The largest absolute Gasteiger partial charge is 0.493 e. The third-order valence-electron chi connectivity index (χ3n) is 5.23. The lowest BCUT2D eigenvalue weighted by molar-refractivity contribution is -0.0208. The number of benzene rings is 1. The van der Waals surface area contributed by atoms with E-state index in [-0.39, 0.29) is 5.54 Å². The normalized spacial score (nSPS) is 23.3. The molecule has 1 saturated carbocycles. The summed E-state index contributed by atoms with van der Waals surface area (Å²) in [6.07, 6.45) is 6.75. The van der Waals surface area contributed by atoms with Crippen molar-refractivity contribution in [3.63, 3.8) is 0 Å². The maximum atomic E-state index is 11.2. The van der Waals surface area contributed by atoms with Crippen molar-refractivity contribution < 1.29 is 9.84 Å². The fourth-order valence-corrected chi connectivity index (χ4v) is 4.20. The minimum absolute atomic E-state index is 0.0658. The van der Waals surface area contributed by atoms with Gasteiger partial charge in [0.25, 0.3) is 0 Å². The highest BCUT2D eigenvalue weighted by Crippen LogP contribution is 2.47. The predicted molar refractivity (Wildman–Crippen MR) is 84.6 cm³/mol. The fraction of sp³-hybridized carbons (Fsp3) is 0.667. The molecule has 3 nitrogen and oxygen atoms in total. The highest BCUT2D eigenvalue weighted by molar-refractivity contribution is 5.37. The lowest BCUT2D eigenvalue weighted by Gasteiger charge is -2.43. The Morgan fingerprint density at radius 3 is 2.48 bits per heavy atom. The lowest BCUT2D eigenvalue weighted by atomic mass is 9.84. The molecular formula is C18H27NO2. The van der Waals surface area contributed by atoms with Crippen molar-refractivity contribution in [2.75, 3.05) is 19.7 Å². The summed E-state index contributed by atoms with van der Waals surface area (Å²) in [5.41, 5.74) is 0.900. The van der Waals surface area contributed by atoms with E-state index in [0.29, 0.717) is 6.61 Å². The van der Waals surface area contributed by atoms with E-state index in [1.165, 1.54) is 25.7 Å². The Kier molecular flexibility index (Phi) is 4.51. The van der Waals surface area contributed by atoms with Crippen molar-refractivity contribution in [2.24, 2.45) is 0 Å². The van der Waals surface area contributed by atoms with Gasteiger partial charge in [-0.05, 0) is 51.8 Å². The zero-order valence-electron chi connectivity index (χ0n) is 13.1. The van der Waals surface area contributed by atoms with Crippen LogP contribution < -0.4 is 4.74 Å². The number of likely N-dealkylation sites (tertiary alicyclic amines) is 1. The second kappa shape index (κ2) is 6.37. The van der Waals surface area contributed by atoms with E-state index in [4.69, 9.17) is 4.74 Å². The quantitative estimate of drug-likeness (QED) is 0.900. The number of ether oxygens (including phenoxy) is 1. The van der Waals surface area contributed by atoms with Gasteiger partial charge >= 0.3 is 0 Å². The van der Waals surface area contributed by atoms with Gasteiger partial charge in [-0.15, -0.1) is 0 Å². The van der Waals surface area contributed by atoms with Crippen molar-refractivity contribution in [3.05, 3.63) is 29.8 Å². The van der Waals surface area contributed by atoms with Crippen LogP contribution in [0.5, 0.6) is 5.75 Å². The van der Waals surface area contributed by atoms with Crippen molar-refractivity contribution >= 4 is 0 Å². The Morgan fingerprint density at radius 2 is 1.81 bits per heavy atom. The molecule has 1 aromatic rings. The molecule has 1 atom stereocenters. The Hall–Kier alpha value is -1.06. The van der Waals surface area contributed by atoms with E-state index in [1.807, 2.05) is 31.2 Å².